The van der Waals surface area contributed by atoms with E-state index in [4.69, 9.17) is 23.2 Å². The summed E-state index contributed by atoms with van der Waals surface area (Å²) in [4.78, 5) is 2.56. The molecule has 3 saturated heterocycles. The van der Waals surface area contributed by atoms with Gasteiger partial charge in [-0.25, -0.2) is 0 Å². The minimum absolute atomic E-state index is 0.724. The van der Waals surface area contributed by atoms with Crippen molar-refractivity contribution >= 4 is 23.2 Å². The second-order valence-electron chi connectivity index (χ2n) is 5.25. The van der Waals surface area contributed by atoms with Crippen LogP contribution in [-0.4, -0.2) is 48.7 Å². The minimum Gasteiger partial charge on any atom is -0.317 e. The number of hydrogen-bond donors (Lipinski definition) is 0. The molecule has 92 valence electrons. The lowest BCUT2D eigenvalue weighted by Crippen LogP contribution is -2.66. The van der Waals surface area contributed by atoms with Gasteiger partial charge in [0, 0.05) is 30.2 Å². The van der Waals surface area contributed by atoms with Gasteiger partial charge >= 0.3 is 0 Å². The molecular weight excluding hydrogens is 255 g/mol. The van der Waals surface area contributed by atoms with Crippen LogP contribution in [0.3, 0.4) is 0 Å². The van der Waals surface area contributed by atoms with Crippen LogP contribution in [0.1, 0.15) is 5.56 Å². The van der Waals surface area contributed by atoms with Crippen LogP contribution in [0.2, 0.25) is 10.0 Å². The van der Waals surface area contributed by atoms with Crippen LogP contribution in [0.4, 0.5) is 0 Å². The van der Waals surface area contributed by atoms with E-state index in [0.29, 0.717) is 0 Å². The molecule has 1 aromatic carbocycles. The first-order chi connectivity index (χ1) is 8.17. The quantitative estimate of drug-likeness (QED) is 0.748. The predicted molar refractivity (Wildman–Crippen MR) is 71.5 cm³/mol. The van der Waals surface area contributed by atoms with E-state index in [2.05, 4.69) is 11.0 Å². The SMILES string of the molecule is Clc1ccc(C[N+]23CCN(CC2)CC3)c(Cl)c1. The molecule has 0 aromatic heterocycles. The van der Waals surface area contributed by atoms with E-state index in [9.17, 15) is 0 Å². The highest BCUT2D eigenvalue weighted by Crippen LogP contribution is 2.28. The summed E-state index contributed by atoms with van der Waals surface area (Å²) in [6.45, 7) is 8.57. The van der Waals surface area contributed by atoms with Gasteiger partial charge in [-0.2, -0.15) is 0 Å². The summed E-state index contributed by atoms with van der Waals surface area (Å²) < 4.78 is 1.21. The fourth-order valence-electron chi connectivity index (χ4n) is 2.98. The number of nitrogens with zero attached hydrogens (tertiary/aromatic N) is 2. The lowest BCUT2D eigenvalue weighted by atomic mass is 10.1. The van der Waals surface area contributed by atoms with Crippen LogP contribution in [0.15, 0.2) is 18.2 Å². The van der Waals surface area contributed by atoms with E-state index < -0.39 is 0 Å². The van der Waals surface area contributed by atoms with Crippen molar-refractivity contribution in [2.45, 2.75) is 6.54 Å². The van der Waals surface area contributed by atoms with Crippen molar-refractivity contribution in [3.05, 3.63) is 33.8 Å². The van der Waals surface area contributed by atoms with Gasteiger partial charge in [0.05, 0.1) is 24.7 Å². The van der Waals surface area contributed by atoms with Crippen molar-refractivity contribution in [2.75, 3.05) is 39.3 Å². The second-order valence-corrected chi connectivity index (χ2v) is 6.09. The Hall–Kier alpha value is -0.280. The summed E-state index contributed by atoms with van der Waals surface area (Å²) in [5.74, 6) is 0. The number of benzene rings is 1. The molecule has 17 heavy (non-hydrogen) atoms. The van der Waals surface area contributed by atoms with Crippen LogP contribution in [-0.2, 0) is 6.54 Å². The Labute approximate surface area is 112 Å². The fourth-order valence-corrected chi connectivity index (χ4v) is 3.45. The maximum absolute atomic E-state index is 6.28. The van der Waals surface area contributed by atoms with E-state index in [1.807, 2.05) is 12.1 Å². The Morgan fingerprint density at radius 3 is 2.29 bits per heavy atom. The normalized spacial score (nSPS) is 31.8. The van der Waals surface area contributed by atoms with E-state index in [-0.39, 0.29) is 0 Å². The molecule has 3 aliphatic rings. The Kier molecular flexibility index (Phi) is 3.07. The van der Waals surface area contributed by atoms with Gasteiger partial charge in [0.15, 0.2) is 0 Å². The lowest BCUT2D eigenvalue weighted by Gasteiger charge is -2.50. The molecule has 3 heterocycles. The summed E-state index contributed by atoms with van der Waals surface area (Å²) in [7, 11) is 0. The molecule has 0 N–H and O–H groups in total. The Morgan fingerprint density at radius 1 is 1.06 bits per heavy atom. The third kappa shape index (κ3) is 2.32. The standard InChI is InChI=1S/C13H17Cl2N2/c14-12-2-1-11(13(15)9-12)10-17-6-3-16(4-7-17)5-8-17/h1-2,9H,3-8,10H2/q+1. The zero-order valence-electron chi connectivity index (χ0n) is 9.83. The summed E-state index contributed by atoms with van der Waals surface area (Å²) in [6, 6.07) is 5.89. The molecule has 0 radical (unpaired) electrons. The fraction of sp³-hybridized carbons (Fsp3) is 0.538. The third-order valence-corrected chi connectivity index (χ3v) is 4.78. The van der Waals surface area contributed by atoms with Crippen LogP contribution >= 0.6 is 23.2 Å². The summed E-state index contributed by atoms with van der Waals surface area (Å²) in [6.07, 6.45) is 0. The first-order valence-electron chi connectivity index (χ1n) is 6.18. The molecule has 2 nitrogen and oxygen atoms in total. The minimum atomic E-state index is 0.724. The molecule has 1 aromatic rings. The van der Waals surface area contributed by atoms with Gasteiger partial charge in [0.1, 0.15) is 6.54 Å². The smallest absolute Gasteiger partial charge is 0.106 e. The number of hydrogen-bond acceptors (Lipinski definition) is 1. The van der Waals surface area contributed by atoms with Crippen molar-refractivity contribution in [3.63, 3.8) is 0 Å². The zero-order valence-corrected chi connectivity index (χ0v) is 11.3. The van der Waals surface area contributed by atoms with Gasteiger partial charge in [-0.3, -0.25) is 4.90 Å². The van der Waals surface area contributed by atoms with Crippen LogP contribution in [0.25, 0.3) is 0 Å². The maximum atomic E-state index is 6.28. The topological polar surface area (TPSA) is 3.24 Å². The van der Waals surface area contributed by atoms with E-state index in [1.54, 1.807) is 0 Å². The molecule has 0 unspecified atom stereocenters. The molecule has 0 saturated carbocycles. The molecular formula is C13H17Cl2N2+. The number of piperazine rings is 3. The monoisotopic (exact) mass is 271 g/mol. The third-order valence-electron chi connectivity index (χ3n) is 4.19. The highest BCUT2D eigenvalue weighted by atomic mass is 35.5. The van der Waals surface area contributed by atoms with Gasteiger partial charge in [0.2, 0.25) is 0 Å². The number of fused-ring (bicyclic) bond motifs is 3. The van der Waals surface area contributed by atoms with Crippen molar-refractivity contribution in [1.82, 2.24) is 4.90 Å². The molecule has 0 atom stereocenters. The average Bonchev–Trinajstić information content (AvgIpc) is 2.35. The molecule has 3 fully saturated rings. The summed E-state index contributed by atoms with van der Waals surface area (Å²) >= 11 is 12.2. The van der Waals surface area contributed by atoms with Gasteiger partial charge in [-0.05, 0) is 12.1 Å². The average molecular weight is 272 g/mol. The molecule has 0 aliphatic carbocycles. The van der Waals surface area contributed by atoms with Gasteiger partial charge in [-0.15, -0.1) is 0 Å². The zero-order chi connectivity index (χ0) is 11.9. The molecule has 0 amide bonds. The predicted octanol–water partition coefficient (Wildman–Crippen LogP) is 2.64. The summed E-state index contributed by atoms with van der Waals surface area (Å²) in [5, 5.41) is 1.54. The van der Waals surface area contributed by atoms with E-state index >= 15 is 0 Å². The lowest BCUT2D eigenvalue weighted by molar-refractivity contribution is -0.953. The van der Waals surface area contributed by atoms with Crippen LogP contribution < -0.4 is 0 Å². The van der Waals surface area contributed by atoms with Crippen LogP contribution in [0, 0.1) is 0 Å². The molecule has 3 aliphatic heterocycles. The number of halogens is 2. The number of rotatable bonds is 2. The second kappa shape index (κ2) is 4.43. The van der Waals surface area contributed by atoms with Crippen LogP contribution in [0.5, 0.6) is 0 Å². The molecule has 4 rings (SSSR count). The summed E-state index contributed by atoms with van der Waals surface area (Å²) in [5.41, 5.74) is 1.24. The van der Waals surface area contributed by atoms with Crippen molar-refractivity contribution in [1.29, 1.82) is 0 Å². The number of quaternary nitrogens is 1. The Bertz CT molecular complexity index is 412. The maximum Gasteiger partial charge on any atom is 0.106 e. The first kappa shape index (κ1) is 11.8. The van der Waals surface area contributed by atoms with Crippen molar-refractivity contribution in [2.24, 2.45) is 0 Å². The molecule has 2 bridgehead atoms. The Morgan fingerprint density at radius 2 is 1.71 bits per heavy atom. The van der Waals surface area contributed by atoms with E-state index in [1.165, 1.54) is 49.3 Å². The van der Waals surface area contributed by atoms with Gasteiger partial charge in [0.25, 0.3) is 0 Å². The Balaban J connectivity index is 1.81. The van der Waals surface area contributed by atoms with Crippen molar-refractivity contribution < 1.29 is 4.48 Å². The largest absolute Gasteiger partial charge is 0.317 e. The van der Waals surface area contributed by atoms with Crippen molar-refractivity contribution in [3.8, 4) is 0 Å². The highest BCUT2D eigenvalue weighted by Gasteiger charge is 2.38. The molecule has 4 heteroatoms. The van der Waals surface area contributed by atoms with Gasteiger partial charge < -0.3 is 4.48 Å². The first-order valence-corrected chi connectivity index (χ1v) is 6.94. The van der Waals surface area contributed by atoms with Gasteiger partial charge in [-0.1, -0.05) is 29.3 Å². The highest BCUT2D eigenvalue weighted by molar-refractivity contribution is 6.35. The molecule has 0 spiro atoms. The van der Waals surface area contributed by atoms with E-state index in [0.717, 1.165) is 16.6 Å².